The van der Waals surface area contributed by atoms with Gasteiger partial charge < -0.3 is 19.9 Å². The van der Waals surface area contributed by atoms with Crippen LogP contribution in [-0.2, 0) is 14.9 Å². The number of nitrogens with zero attached hydrogens (tertiary/aromatic N) is 1. The number of nitrogens with one attached hydrogen (secondary N) is 1. The van der Waals surface area contributed by atoms with Crippen molar-refractivity contribution in [2.45, 2.75) is 37.3 Å². The van der Waals surface area contributed by atoms with E-state index in [1.807, 2.05) is 19.1 Å². The number of hydrogen-bond donors (Lipinski definition) is 2. The van der Waals surface area contributed by atoms with Gasteiger partial charge in [0.05, 0.1) is 37.0 Å². The number of fused-ring (bicyclic) bond motifs is 2. The van der Waals surface area contributed by atoms with Gasteiger partial charge in [0.2, 0.25) is 0 Å². The van der Waals surface area contributed by atoms with Crippen molar-refractivity contribution in [1.29, 1.82) is 0 Å². The Balaban J connectivity index is 1.78. The zero-order valence-electron chi connectivity index (χ0n) is 16.0. The van der Waals surface area contributed by atoms with Crippen molar-refractivity contribution < 1.29 is 19.4 Å². The Morgan fingerprint density at radius 2 is 2.22 bits per heavy atom. The summed E-state index contributed by atoms with van der Waals surface area (Å²) >= 11 is 0. The van der Waals surface area contributed by atoms with Gasteiger partial charge in [0.25, 0.3) is 0 Å². The lowest BCUT2D eigenvalue weighted by Gasteiger charge is -2.51. The number of hydrogen-bond acceptors (Lipinski definition) is 6. The largest absolute Gasteiger partial charge is 0.495 e. The number of ether oxygens (including phenoxy) is 2. The summed E-state index contributed by atoms with van der Waals surface area (Å²) < 4.78 is 10.8. The summed E-state index contributed by atoms with van der Waals surface area (Å²) in [5.41, 5.74) is 3.68. The minimum Gasteiger partial charge on any atom is -0.495 e. The number of esters is 1. The Bertz CT molecular complexity index is 849. The molecule has 2 bridgehead atoms. The predicted octanol–water partition coefficient (Wildman–Crippen LogP) is 1.89. The Hall–Kier alpha value is -2.05. The van der Waals surface area contributed by atoms with Crippen molar-refractivity contribution in [2.24, 2.45) is 11.8 Å². The third kappa shape index (κ3) is 2.00. The van der Waals surface area contributed by atoms with Crippen molar-refractivity contribution in [1.82, 2.24) is 4.90 Å². The second-order valence-corrected chi connectivity index (χ2v) is 8.27. The third-order valence-corrected chi connectivity index (χ3v) is 7.33. The van der Waals surface area contributed by atoms with Crippen LogP contribution in [0.1, 0.15) is 25.3 Å². The van der Waals surface area contributed by atoms with Crippen LogP contribution in [0.5, 0.6) is 5.75 Å². The summed E-state index contributed by atoms with van der Waals surface area (Å²) in [6, 6.07) is 6.49. The predicted molar refractivity (Wildman–Crippen MR) is 101 cm³/mol. The molecule has 0 unspecified atom stereocenters. The van der Waals surface area contributed by atoms with Crippen LogP contribution in [0.2, 0.25) is 0 Å². The first-order valence-electron chi connectivity index (χ1n) is 9.72. The van der Waals surface area contributed by atoms with E-state index in [9.17, 15) is 9.90 Å². The molecule has 144 valence electrons. The molecule has 0 radical (unpaired) electrons. The minimum atomic E-state index is -0.470. The molecule has 1 spiro atoms. The molecule has 2 fully saturated rings. The Morgan fingerprint density at radius 1 is 1.41 bits per heavy atom. The van der Waals surface area contributed by atoms with Gasteiger partial charge in [-0.1, -0.05) is 12.1 Å². The fourth-order valence-corrected chi connectivity index (χ4v) is 6.19. The smallest absolute Gasteiger partial charge is 0.335 e. The maximum atomic E-state index is 12.9. The first-order chi connectivity index (χ1) is 13.0. The van der Waals surface area contributed by atoms with Crippen molar-refractivity contribution in [2.75, 3.05) is 32.6 Å². The first-order valence-corrected chi connectivity index (χ1v) is 9.72. The third-order valence-electron chi connectivity index (χ3n) is 7.33. The monoisotopic (exact) mass is 370 g/mol. The van der Waals surface area contributed by atoms with Crippen LogP contribution >= 0.6 is 0 Å². The van der Waals surface area contributed by atoms with E-state index in [0.29, 0.717) is 6.04 Å². The molecule has 0 saturated carbocycles. The van der Waals surface area contributed by atoms with Gasteiger partial charge in [0.15, 0.2) is 0 Å². The van der Waals surface area contributed by atoms with Gasteiger partial charge in [-0.25, -0.2) is 4.79 Å². The number of aliphatic hydroxyl groups excluding tert-OH is 1. The number of aliphatic hydroxyl groups is 1. The zero-order chi connectivity index (χ0) is 18.9. The van der Waals surface area contributed by atoms with Crippen LogP contribution in [0.25, 0.3) is 0 Å². The van der Waals surface area contributed by atoms with E-state index in [4.69, 9.17) is 9.47 Å². The van der Waals surface area contributed by atoms with Crippen LogP contribution < -0.4 is 10.1 Å². The molecule has 2 N–H and O–H groups in total. The lowest BCUT2D eigenvalue weighted by atomic mass is 9.60. The number of benzene rings is 1. The van der Waals surface area contributed by atoms with Crippen molar-refractivity contribution in [3.8, 4) is 5.75 Å². The Kier molecular flexibility index (Phi) is 3.62. The number of rotatable bonds is 3. The molecule has 0 amide bonds. The fraction of sp³-hybridized carbons (Fsp3) is 0.571. The number of para-hydroxylation sites is 1. The molecule has 4 aliphatic rings. The lowest BCUT2D eigenvalue weighted by molar-refractivity contribution is -0.138. The van der Waals surface area contributed by atoms with Gasteiger partial charge in [-0.05, 0) is 37.9 Å². The van der Waals surface area contributed by atoms with Crippen LogP contribution in [0.4, 0.5) is 5.69 Å². The molecule has 1 aromatic carbocycles. The second-order valence-electron chi connectivity index (χ2n) is 8.27. The Labute approximate surface area is 159 Å². The fourth-order valence-electron chi connectivity index (χ4n) is 6.19. The van der Waals surface area contributed by atoms with Crippen LogP contribution in [0.15, 0.2) is 29.5 Å². The molecule has 0 aromatic heterocycles. The summed E-state index contributed by atoms with van der Waals surface area (Å²) in [5.74, 6) is 0.560. The normalized spacial score (nSPS) is 34.6. The van der Waals surface area contributed by atoms with E-state index in [2.05, 4.69) is 16.3 Å². The minimum absolute atomic E-state index is 0.00716. The van der Waals surface area contributed by atoms with Gasteiger partial charge >= 0.3 is 5.97 Å². The average Bonchev–Trinajstić information content (AvgIpc) is 3.23. The van der Waals surface area contributed by atoms with E-state index in [-0.39, 0.29) is 23.2 Å². The molecular weight excluding hydrogens is 344 g/mol. The molecule has 1 aromatic rings. The first kappa shape index (κ1) is 17.1. The molecule has 1 aliphatic carbocycles. The molecule has 5 atom stereocenters. The zero-order valence-corrected chi connectivity index (χ0v) is 16.0. The molecule has 2 saturated heterocycles. The van der Waals surface area contributed by atoms with Crippen LogP contribution in [0, 0.1) is 11.8 Å². The maximum absolute atomic E-state index is 12.9. The summed E-state index contributed by atoms with van der Waals surface area (Å²) in [4.78, 5) is 15.4. The highest BCUT2D eigenvalue weighted by Gasteiger charge is 2.63. The number of anilines is 1. The molecule has 3 heterocycles. The van der Waals surface area contributed by atoms with Gasteiger partial charge in [-0.3, -0.25) is 4.90 Å². The summed E-state index contributed by atoms with van der Waals surface area (Å²) in [6.45, 7) is 3.63. The molecule has 6 nitrogen and oxygen atoms in total. The Morgan fingerprint density at radius 3 is 2.93 bits per heavy atom. The average molecular weight is 370 g/mol. The van der Waals surface area contributed by atoms with Gasteiger partial charge in [0, 0.05) is 30.1 Å². The summed E-state index contributed by atoms with van der Waals surface area (Å²) in [7, 11) is 3.12. The molecular formula is C21H26N2O4. The van der Waals surface area contributed by atoms with E-state index < -0.39 is 6.10 Å². The quantitative estimate of drug-likeness (QED) is 0.792. The number of piperidine rings is 1. The number of carbonyl (C=O) groups is 1. The van der Waals surface area contributed by atoms with Crippen molar-refractivity contribution in [3.63, 3.8) is 0 Å². The van der Waals surface area contributed by atoms with Crippen LogP contribution in [-0.4, -0.2) is 55.4 Å². The summed E-state index contributed by atoms with van der Waals surface area (Å²) in [5, 5.41) is 14.0. The topological polar surface area (TPSA) is 71.0 Å². The standard InChI is InChI=1S/C21H26N2O4/c1-11(24)13-10-23-8-7-21-14-5-4-6-15(26-2)18(14)22-19(21)17(20(25)27-3)12(13)9-16(21)23/h4-6,11-13,16,22,24H,7-10H2,1-3H3/t11-,12-,13+,16-,21+/m0/s1. The maximum Gasteiger partial charge on any atom is 0.335 e. The van der Waals surface area contributed by atoms with E-state index in [1.165, 1.54) is 12.7 Å². The second kappa shape index (κ2) is 5.72. The molecule has 6 heteroatoms. The van der Waals surface area contributed by atoms with Crippen molar-refractivity contribution in [3.05, 3.63) is 35.0 Å². The summed E-state index contributed by atoms with van der Waals surface area (Å²) in [6.07, 6.45) is 1.37. The van der Waals surface area contributed by atoms with E-state index in [1.54, 1.807) is 7.11 Å². The van der Waals surface area contributed by atoms with Gasteiger partial charge in [-0.15, -0.1) is 0 Å². The van der Waals surface area contributed by atoms with Gasteiger partial charge in [0.1, 0.15) is 5.75 Å². The van der Waals surface area contributed by atoms with Crippen molar-refractivity contribution >= 4 is 11.7 Å². The number of carbonyl (C=O) groups excluding carboxylic acids is 1. The van der Waals surface area contributed by atoms with E-state index >= 15 is 0 Å². The molecule has 3 aliphatic heterocycles. The van der Waals surface area contributed by atoms with Crippen LogP contribution in [0.3, 0.4) is 0 Å². The highest BCUT2D eigenvalue weighted by atomic mass is 16.5. The molecule has 5 rings (SSSR count). The number of methoxy groups -OCH3 is 2. The molecule has 27 heavy (non-hydrogen) atoms. The highest BCUT2D eigenvalue weighted by Crippen LogP contribution is 2.62. The van der Waals surface area contributed by atoms with E-state index in [0.717, 1.165) is 48.6 Å². The van der Waals surface area contributed by atoms with Gasteiger partial charge in [-0.2, -0.15) is 0 Å². The SMILES string of the molecule is COC(=O)C1=C2Nc3c(OC)cccc3[C@@]23CCN2C[C@H]([C@H](C)O)[C@@H]1C[C@H]23. The lowest BCUT2D eigenvalue weighted by Crippen LogP contribution is -2.57. The highest BCUT2D eigenvalue weighted by molar-refractivity contribution is 5.94.